The predicted octanol–water partition coefficient (Wildman–Crippen LogP) is 0.213. The summed E-state index contributed by atoms with van der Waals surface area (Å²) in [5.74, 6) is 0.142. The summed E-state index contributed by atoms with van der Waals surface area (Å²) < 4.78 is 5.36. The molecular formula is C14H27N3O2. The van der Waals surface area contributed by atoms with Crippen LogP contribution in [0.25, 0.3) is 0 Å². The van der Waals surface area contributed by atoms with Crippen LogP contribution in [0.3, 0.4) is 0 Å². The van der Waals surface area contributed by atoms with Crippen molar-refractivity contribution in [2.75, 3.05) is 46.4 Å². The molecule has 110 valence electrons. The van der Waals surface area contributed by atoms with Crippen molar-refractivity contribution in [1.82, 2.24) is 15.5 Å². The Bertz CT molecular complexity index is 295. The molecule has 1 unspecified atom stereocenters. The number of likely N-dealkylation sites (tertiary alicyclic amines) is 1. The Kier molecular flexibility index (Phi) is 5.19. The third-order valence-corrected chi connectivity index (χ3v) is 4.34. The van der Waals surface area contributed by atoms with Gasteiger partial charge in [-0.15, -0.1) is 0 Å². The highest BCUT2D eigenvalue weighted by atomic mass is 16.5. The molecule has 0 aromatic heterocycles. The van der Waals surface area contributed by atoms with Gasteiger partial charge in [-0.2, -0.15) is 0 Å². The minimum atomic E-state index is 0.142. The summed E-state index contributed by atoms with van der Waals surface area (Å²) in [6.07, 6.45) is 2.85. The van der Waals surface area contributed by atoms with Gasteiger partial charge in [0.15, 0.2) is 0 Å². The average Bonchev–Trinajstić information content (AvgIpc) is 2.42. The molecule has 0 aliphatic carbocycles. The van der Waals surface area contributed by atoms with Gasteiger partial charge < -0.3 is 20.3 Å². The molecule has 0 saturated carbocycles. The van der Waals surface area contributed by atoms with E-state index in [9.17, 15) is 4.79 Å². The maximum Gasteiger partial charge on any atom is 0.221 e. The fourth-order valence-corrected chi connectivity index (χ4v) is 2.69. The van der Waals surface area contributed by atoms with Gasteiger partial charge in [-0.3, -0.25) is 4.79 Å². The molecule has 2 heterocycles. The Morgan fingerprint density at radius 1 is 1.47 bits per heavy atom. The zero-order valence-corrected chi connectivity index (χ0v) is 12.2. The summed E-state index contributed by atoms with van der Waals surface area (Å²) in [6.45, 7) is 7.59. The highest BCUT2D eigenvalue weighted by molar-refractivity contribution is 5.76. The number of ether oxygens (including phenoxy) is 1. The SMILES string of the molecule is CN1CCC(C)(CNC(=O)CC2COCCN2)CC1. The van der Waals surface area contributed by atoms with Gasteiger partial charge in [0.05, 0.1) is 13.2 Å². The molecule has 0 radical (unpaired) electrons. The van der Waals surface area contributed by atoms with Crippen LogP contribution in [0.2, 0.25) is 0 Å². The van der Waals surface area contributed by atoms with Gasteiger partial charge in [0.2, 0.25) is 5.91 Å². The van der Waals surface area contributed by atoms with Crippen LogP contribution in [0.4, 0.5) is 0 Å². The number of hydrogen-bond donors (Lipinski definition) is 2. The molecule has 2 aliphatic heterocycles. The van der Waals surface area contributed by atoms with Gasteiger partial charge in [-0.25, -0.2) is 0 Å². The normalized spacial score (nSPS) is 28.0. The molecule has 1 amide bonds. The Labute approximate surface area is 116 Å². The average molecular weight is 269 g/mol. The summed E-state index contributed by atoms with van der Waals surface area (Å²) in [6, 6.07) is 0.180. The van der Waals surface area contributed by atoms with Crippen LogP contribution in [-0.4, -0.2) is 63.3 Å². The van der Waals surface area contributed by atoms with E-state index in [1.165, 1.54) is 0 Å². The molecule has 0 aromatic rings. The summed E-state index contributed by atoms with van der Waals surface area (Å²) in [7, 11) is 2.16. The number of piperidine rings is 1. The van der Waals surface area contributed by atoms with E-state index >= 15 is 0 Å². The Morgan fingerprint density at radius 3 is 2.84 bits per heavy atom. The van der Waals surface area contributed by atoms with E-state index < -0.39 is 0 Å². The highest BCUT2D eigenvalue weighted by Crippen LogP contribution is 2.29. The molecule has 0 spiro atoms. The van der Waals surface area contributed by atoms with Gasteiger partial charge in [-0.1, -0.05) is 6.92 Å². The first-order valence-electron chi connectivity index (χ1n) is 7.34. The minimum Gasteiger partial charge on any atom is -0.378 e. The molecule has 5 nitrogen and oxygen atoms in total. The zero-order chi connectivity index (χ0) is 13.7. The van der Waals surface area contributed by atoms with Gasteiger partial charge in [0.1, 0.15) is 0 Å². The fourth-order valence-electron chi connectivity index (χ4n) is 2.69. The van der Waals surface area contributed by atoms with E-state index in [4.69, 9.17) is 4.74 Å². The number of morpholine rings is 1. The first-order chi connectivity index (χ1) is 9.07. The van der Waals surface area contributed by atoms with Crippen molar-refractivity contribution in [3.8, 4) is 0 Å². The van der Waals surface area contributed by atoms with E-state index in [-0.39, 0.29) is 17.4 Å². The molecular weight excluding hydrogens is 242 g/mol. The molecule has 2 aliphatic rings. The molecule has 2 saturated heterocycles. The second kappa shape index (κ2) is 6.68. The molecule has 2 N–H and O–H groups in total. The Balaban J connectivity index is 1.67. The number of nitrogens with zero attached hydrogens (tertiary/aromatic N) is 1. The molecule has 2 rings (SSSR count). The molecule has 1 atom stereocenters. The lowest BCUT2D eigenvalue weighted by Gasteiger charge is -2.38. The lowest BCUT2D eigenvalue weighted by Crippen LogP contribution is -2.47. The van der Waals surface area contributed by atoms with Gasteiger partial charge in [0, 0.05) is 25.6 Å². The van der Waals surface area contributed by atoms with E-state index in [1.807, 2.05) is 0 Å². The fraction of sp³-hybridized carbons (Fsp3) is 0.929. The maximum atomic E-state index is 11.9. The van der Waals surface area contributed by atoms with Crippen molar-refractivity contribution in [2.45, 2.75) is 32.2 Å². The third-order valence-electron chi connectivity index (χ3n) is 4.34. The molecule has 5 heteroatoms. The first-order valence-corrected chi connectivity index (χ1v) is 7.34. The molecule has 19 heavy (non-hydrogen) atoms. The highest BCUT2D eigenvalue weighted by Gasteiger charge is 2.29. The molecule has 0 bridgehead atoms. The summed E-state index contributed by atoms with van der Waals surface area (Å²) in [4.78, 5) is 14.3. The van der Waals surface area contributed by atoms with Gasteiger partial charge in [0.25, 0.3) is 0 Å². The number of carbonyl (C=O) groups is 1. The van der Waals surface area contributed by atoms with E-state index in [0.717, 1.165) is 45.6 Å². The van der Waals surface area contributed by atoms with Crippen molar-refractivity contribution < 1.29 is 9.53 Å². The largest absolute Gasteiger partial charge is 0.378 e. The number of amides is 1. The number of hydrogen-bond acceptors (Lipinski definition) is 4. The van der Waals surface area contributed by atoms with Gasteiger partial charge >= 0.3 is 0 Å². The zero-order valence-electron chi connectivity index (χ0n) is 12.2. The van der Waals surface area contributed by atoms with Crippen LogP contribution >= 0.6 is 0 Å². The summed E-state index contributed by atoms with van der Waals surface area (Å²) in [5.41, 5.74) is 0.263. The maximum absolute atomic E-state index is 11.9. The van der Waals surface area contributed by atoms with E-state index in [1.54, 1.807) is 0 Å². The standard InChI is InChI=1S/C14H27N3O2/c1-14(3-6-17(2)7-4-14)11-16-13(18)9-12-10-19-8-5-15-12/h12,15H,3-11H2,1-2H3,(H,16,18). The molecule has 0 aromatic carbocycles. The minimum absolute atomic E-state index is 0.142. The number of rotatable bonds is 4. The first kappa shape index (κ1) is 14.8. The van der Waals surface area contributed by atoms with Crippen molar-refractivity contribution in [1.29, 1.82) is 0 Å². The van der Waals surface area contributed by atoms with Crippen LogP contribution in [0, 0.1) is 5.41 Å². The van der Waals surface area contributed by atoms with Crippen molar-refractivity contribution in [2.24, 2.45) is 5.41 Å². The summed E-state index contributed by atoms with van der Waals surface area (Å²) in [5, 5.41) is 6.41. The third kappa shape index (κ3) is 4.75. The second-order valence-corrected chi connectivity index (χ2v) is 6.32. The second-order valence-electron chi connectivity index (χ2n) is 6.32. The lowest BCUT2D eigenvalue weighted by atomic mass is 9.80. The van der Waals surface area contributed by atoms with Crippen LogP contribution in [0.15, 0.2) is 0 Å². The van der Waals surface area contributed by atoms with Crippen LogP contribution < -0.4 is 10.6 Å². The quantitative estimate of drug-likeness (QED) is 0.766. The Hall–Kier alpha value is -0.650. The van der Waals surface area contributed by atoms with Crippen molar-refractivity contribution in [3.05, 3.63) is 0 Å². The number of carbonyl (C=O) groups excluding carboxylic acids is 1. The monoisotopic (exact) mass is 269 g/mol. The number of nitrogens with one attached hydrogen (secondary N) is 2. The van der Waals surface area contributed by atoms with E-state index in [0.29, 0.717) is 13.0 Å². The van der Waals surface area contributed by atoms with Crippen molar-refractivity contribution >= 4 is 5.91 Å². The smallest absolute Gasteiger partial charge is 0.221 e. The Morgan fingerprint density at radius 2 is 2.21 bits per heavy atom. The van der Waals surface area contributed by atoms with E-state index in [2.05, 4.69) is 29.5 Å². The molecule has 2 fully saturated rings. The summed E-state index contributed by atoms with van der Waals surface area (Å²) >= 11 is 0. The lowest BCUT2D eigenvalue weighted by molar-refractivity contribution is -0.122. The van der Waals surface area contributed by atoms with Gasteiger partial charge in [-0.05, 0) is 38.4 Å². The predicted molar refractivity (Wildman–Crippen MR) is 75.1 cm³/mol. The topological polar surface area (TPSA) is 53.6 Å². The van der Waals surface area contributed by atoms with Crippen LogP contribution in [0.1, 0.15) is 26.2 Å². The van der Waals surface area contributed by atoms with Crippen molar-refractivity contribution in [3.63, 3.8) is 0 Å². The van der Waals surface area contributed by atoms with Crippen LogP contribution in [-0.2, 0) is 9.53 Å². The van der Waals surface area contributed by atoms with Crippen LogP contribution in [0.5, 0.6) is 0 Å².